The first-order valence-electron chi connectivity index (χ1n) is 6.34. The van der Waals surface area contributed by atoms with Crippen LogP contribution in [0.2, 0.25) is 0 Å². The number of imidazole rings is 1. The average molecular weight is 287 g/mol. The molecule has 102 valence electrons. The molecule has 0 bridgehead atoms. The predicted molar refractivity (Wildman–Crippen MR) is 82.4 cm³/mol. The number of nitrogens with zero attached hydrogens (tertiary/aromatic N) is 1. The zero-order chi connectivity index (χ0) is 13.1. The van der Waals surface area contributed by atoms with Gasteiger partial charge in [-0.2, -0.15) is 0 Å². The lowest BCUT2D eigenvalue weighted by Gasteiger charge is -2.05. The summed E-state index contributed by atoms with van der Waals surface area (Å²) in [5.41, 5.74) is 0.796. The summed E-state index contributed by atoms with van der Waals surface area (Å²) in [5.74, 6) is 1.02. The maximum atomic E-state index is 12.3. The van der Waals surface area contributed by atoms with Crippen LogP contribution in [0, 0.1) is 0 Å². The number of H-pyrrole nitrogens is 1. The van der Waals surface area contributed by atoms with Crippen LogP contribution in [0.15, 0.2) is 54.9 Å². The van der Waals surface area contributed by atoms with Gasteiger partial charge in [-0.05, 0) is 10.8 Å². The van der Waals surface area contributed by atoms with E-state index < -0.39 is 0 Å². The van der Waals surface area contributed by atoms with E-state index >= 15 is 0 Å². The molecule has 0 aliphatic rings. The van der Waals surface area contributed by atoms with Crippen molar-refractivity contribution in [3.63, 3.8) is 0 Å². The SMILES string of the molecule is Cl.O=C(CCc1ncc[nH]1)c1cccc2ccccc12. The van der Waals surface area contributed by atoms with Crippen LogP contribution in [0.5, 0.6) is 0 Å². The Kier molecular flexibility index (Phi) is 4.53. The highest BCUT2D eigenvalue weighted by molar-refractivity contribution is 6.08. The van der Waals surface area contributed by atoms with Gasteiger partial charge in [-0.3, -0.25) is 4.79 Å². The molecule has 0 atom stereocenters. The molecule has 3 nitrogen and oxygen atoms in total. The Balaban J connectivity index is 0.00000147. The van der Waals surface area contributed by atoms with E-state index in [2.05, 4.69) is 9.97 Å². The molecule has 0 amide bonds. The molecule has 0 aliphatic heterocycles. The first-order valence-corrected chi connectivity index (χ1v) is 6.34. The summed E-state index contributed by atoms with van der Waals surface area (Å²) < 4.78 is 0. The minimum absolute atomic E-state index is 0. The number of rotatable bonds is 4. The van der Waals surface area contributed by atoms with Crippen molar-refractivity contribution in [2.45, 2.75) is 12.8 Å². The van der Waals surface area contributed by atoms with Crippen molar-refractivity contribution in [1.82, 2.24) is 9.97 Å². The lowest BCUT2D eigenvalue weighted by molar-refractivity contribution is 0.0984. The zero-order valence-electron chi connectivity index (χ0n) is 10.9. The van der Waals surface area contributed by atoms with Gasteiger partial charge in [0, 0.05) is 30.8 Å². The Hall–Kier alpha value is -2.13. The molecular weight excluding hydrogens is 272 g/mol. The number of Topliss-reactive ketones (excluding diaryl/α,β-unsaturated/α-hetero) is 1. The smallest absolute Gasteiger partial charge is 0.163 e. The minimum Gasteiger partial charge on any atom is -0.349 e. The summed E-state index contributed by atoms with van der Waals surface area (Å²) in [6.45, 7) is 0. The fraction of sp³-hybridized carbons (Fsp3) is 0.125. The van der Waals surface area contributed by atoms with E-state index in [1.807, 2.05) is 42.5 Å². The van der Waals surface area contributed by atoms with Crippen molar-refractivity contribution >= 4 is 29.0 Å². The third-order valence-corrected chi connectivity index (χ3v) is 3.23. The van der Waals surface area contributed by atoms with Crippen LogP contribution in [0.4, 0.5) is 0 Å². The average Bonchev–Trinajstić information content (AvgIpc) is 2.97. The summed E-state index contributed by atoms with van der Waals surface area (Å²) >= 11 is 0. The third-order valence-electron chi connectivity index (χ3n) is 3.23. The zero-order valence-corrected chi connectivity index (χ0v) is 11.7. The highest BCUT2D eigenvalue weighted by atomic mass is 35.5. The molecule has 0 fully saturated rings. The maximum Gasteiger partial charge on any atom is 0.163 e. The van der Waals surface area contributed by atoms with E-state index in [0.717, 1.165) is 22.2 Å². The number of aromatic nitrogens is 2. The minimum atomic E-state index is 0. The van der Waals surface area contributed by atoms with Gasteiger partial charge < -0.3 is 4.98 Å². The number of aryl methyl sites for hydroxylation is 1. The standard InChI is InChI=1S/C16H14N2O.ClH/c19-15(8-9-16-17-10-11-18-16)14-7-3-5-12-4-1-2-6-13(12)14;/h1-7,10-11H,8-9H2,(H,17,18);1H. The number of benzene rings is 2. The molecule has 0 aliphatic carbocycles. The summed E-state index contributed by atoms with van der Waals surface area (Å²) in [7, 11) is 0. The largest absolute Gasteiger partial charge is 0.349 e. The molecule has 4 heteroatoms. The first-order chi connectivity index (χ1) is 9.34. The number of hydrogen-bond donors (Lipinski definition) is 1. The number of ketones is 1. The molecule has 2 aromatic carbocycles. The Morgan fingerprint density at radius 1 is 1.10 bits per heavy atom. The van der Waals surface area contributed by atoms with Crippen LogP contribution in [0.3, 0.4) is 0 Å². The Bertz CT molecular complexity index is 702. The van der Waals surface area contributed by atoms with Crippen molar-refractivity contribution in [3.8, 4) is 0 Å². The van der Waals surface area contributed by atoms with Gasteiger partial charge in [0.05, 0.1) is 0 Å². The van der Waals surface area contributed by atoms with Crippen molar-refractivity contribution in [2.75, 3.05) is 0 Å². The number of carbonyl (C=O) groups is 1. The van der Waals surface area contributed by atoms with Gasteiger partial charge in [0.25, 0.3) is 0 Å². The Morgan fingerprint density at radius 2 is 1.90 bits per heavy atom. The highest BCUT2D eigenvalue weighted by Gasteiger charge is 2.10. The molecule has 1 heterocycles. The topological polar surface area (TPSA) is 45.8 Å². The number of carbonyl (C=O) groups excluding carboxylic acids is 1. The molecule has 1 N–H and O–H groups in total. The van der Waals surface area contributed by atoms with E-state index in [4.69, 9.17) is 0 Å². The van der Waals surface area contributed by atoms with Crippen LogP contribution >= 0.6 is 12.4 Å². The second-order valence-electron chi connectivity index (χ2n) is 4.49. The highest BCUT2D eigenvalue weighted by Crippen LogP contribution is 2.20. The molecule has 0 spiro atoms. The van der Waals surface area contributed by atoms with Gasteiger partial charge in [0.15, 0.2) is 5.78 Å². The first kappa shape index (κ1) is 14.3. The maximum absolute atomic E-state index is 12.3. The van der Waals surface area contributed by atoms with Gasteiger partial charge in [0.1, 0.15) is 5.82 Å². The lowest BCUT2D eigenvalue weighted by Crippen LogP contribution is -2.02. The second-order valence-corrected chi connectivity index (χ2v) is 4.49. The summed E-state index contributed by atoms with van der Waals surface area (Å²) in [5, 5.41) is 2.13. The molecule has 3 rings (SSSR count). The van der Waals surface area contributed by atoms with Crippen molar-refractivity contribution in [1.29, 1.82) is 0 Å². The van der Waals surface area contributed by atoms with Crippen LogP contribution in [-0.4, -0.2) is 15.8 Å². The molecule has 3 aromatic rings. The summed E-state index contributed by atoms with van der Waals surface area (Å²) in [6.07, 6.45) is 4.60. The third kappa shape index (κ3) is 2.89. The number of aromatic amines is 1. The molecule has 0 saturated heterocycles. The van der Waals surface area contributed by atoms with Crippen LogP contribution < -0.4 is 0 Å². The van der Waals surface area contributed by atoms with Crippen LogP contribution in [0.1, 0.15) is 22.6 Å². The fourth-order valence-corrected chi connectivity index (χ4v) is 2.27. The molecule has 0 saturated carbocycles. The van der Waals surface area contributed by atoms with Crippen LogP contribution in [-0.2, 0) is 6.42 Å². The Labute approximate surface area is 123 Å². The van der Waals surface area contributed by atoms with Crippen molar-refractivity contribution < 1.29 is 4.79 Å². The Morgan fingerprint density at radius 3 is 2.70 bits per heavy atom. The van der Waals surface area contributed by atoms with E-state index in [-0.39, 0.29) is 18.2 Å². The van der Waals surface area contributed by atoms with Gasteiger partial charge in [-0.1, -0.05) is 42.5 Å². The van der Waals surface area contributed by atoms with E-state index in [1.165, 1.54) is 0 Å². The fourth-order valence-electron chi connectivity index (χ4n) is 2.27. The van der Waals surface area contributed by atoms with Crippen molar-refractivity contribution in [3.05, 3.63) is 66.2 Å². The summed E-state index contributed by atoms with van der Waals surface area (Å²) in [6, 6.07) is 13.8. The predicted octanol–water partition coefficient (Wildman–Crippen LogP) is 3.80. The molecule has 0 radical (unpaired) electrons. The van der Waals surface area contributed by atoms with E-state index in [0.29, 0.717) is 12.8 Å². The van der Waals surface area contributed by atoms with Crippen molar-refractivity contribution in [2.24, 2.45) is 0 Å². The normalized spacial score (nSPS) is 10.2. The van der Waals surface area contributed by atoms with E-state index in [1.54, 1.807) is 12.4 Å². The van der Waals surface area contributed by atoms with Gasteiger partial charge in [-0.15, -0.1) is 12.4 Å². The number of halogens is 1. The summed E-state index contributed by atoms with van der Waals surface area (Å²) in [4.78, 5) is 19.5. The number of fused-ring (bicyclic) bond motifs is 1. The van der Waals surface area contributed by atoms with Gasteiger partial charge in [0.2, 0.25) is 0 Å². The molecule has 0 unspecified atom stereocenters. The second kappa shape index (κ2) is 6.35. The van der Waals surface area contributed by atoms with Crippen LogP contribution in [0.25, 0.3) is 10.8 Å². The molecular formula is C16H15ClN2O. The monoisotopic (exact) mass is 286 g/mol. The number of nitrogens with one attached hydrogen (secondary N) is 1. The molecule has 1 aromatic heterocycles. The molecule has 20 heavy (non-hydrogen) atoms. The quantitative estimate of drug-likeness (QED) is 0.742. The van der Waals surface area contributed by atoms with Gasteiger partial charge >= 0.3 is 0 Å². The lowest BCUT2D eigenvalue weighted by atomic mass is 9.99. The van der Waals surface area contributed by atoms with E-state index in [9.17, 15) is 4.79 Å². The van der Waals surface area contributed by atoms with Gasteiger partial charge in [-0.25, -0.2) is 4.98 Å². The number of hydrogen-bond acceptors (Lipinski definition) is 2.